The highest BCUT2D eigenvalue weighted by molar-refractivity contribution is 5.85. The van der Waals surface area contributed by atoms with E-state index in [0.717, 1.165) is 44.7 Å². The molecule has 36 heavy (non-hydrogen) atoms. The summed E-state index contributed by atoms with van der Waals surface area (Å²) in [5.41, 5.74) is 8.30. The average Bonchev–Trinajstić information content (AvgIpc) is 2.92. The quantitative estimate of drug-likeness (QED) is 0.253. The zero-order valence-electron chi connectivity index (χ0n) is 25.0. The van der Waals surface area contributed by atoms with Crippen LogP contribution >= 0.6 is 0 Å². The molecule has 0 aliphatic carbocycles. The van der Waals surface area contributed by atoms with Gasteiger partial charge in [-0.2, -0.15) is 0 Å². The lowest BCUT2D eigenvalue weighted by Gasteiger charge is -2.08. The molecule has 2 heterocycles. The first-order valence-corrected chi connectivity index (χ1v) is 13.0. The molecule has 0 saturated heterocycles. The SMILES string of the molecule is CC.CC.CC.CC.Cc1cc(C)c2nc(C)c(C)nc2c1O.Cc1cc(C)c2nccnc2c1O. The van der Waals surface area contributed by atoms with Crippen LogP contribution in [0, 0.1) is 41.5 Å². The zero-order chi connectivity index (χ0) is 28.6. The topological polar surface area (TPSA) is 92.0 Å². The molecule has 6 nitrogen and oxygen atoms in total. The van der Waals surface area contributed by atoms with Crippen LogP contribution in [0.2, 0.25) is 0 Å². The number of nitrogens with zero attached hydrogens (tertiary/aromatic N) is 4. The Bertz CT molecular complexity index is 1210. The second-order valence-corrected chi connectivity index (χ2v) is 7.06. The number of aromatic hydroxyl groups is 2. The van der Waals surface area contributed by atoms with Crippen LogP contribution in [0.15, 0.2) is 24.5 Å². The number of fused-ring (bicyclic) bond motifs is 2. The summed E-state index contributed by atoms with van der Waals surface area (Å²) in [5, 5.41) is 19.6. The number of hydrogen-bond acceptors (Lipinski definition) is 6. The highest BCUT2D eigenvalue weighted by atomic mass is 16.3. The lowest BCUT2D eigenvalue weighted by Crippen LogP contribution is -1.96. The highest BCUT2D eigenvalue weighted by Crippen LogP contribution is 2.29. The van der Waals surface area contributed by atoms with Crippen LogP contribution < -0.4 is 0 Å². The summed E-state index contributed by atoms with van der Waals surface area (Å²) in [6.07, 6.45) is 3.21. The zero-order valence-corrected chi connectivity index (χ0v) is 25.0. The van der Waals surface area contributed by atoms with Crippen molar-refractivity contribution in [3.63, 3.8) is 0 Å². The van der Waals surface area contributed by atoms with E-state index in [0.29, 0.717) is 11.0 Å². The molecule has 0 aliphatic rings. The first kappa shape index (κ1) is 34.9. The fourth-order valence-corrected chi connectivity index (χ4v) is 3.14. The molecule has 2 aromatic heterocycles. The molecule has 0 amide bonds. The van der Waals surface area contributed by atoms with Crippen molar-refractivity contribution in [3.8, 4) is 11.5 Å². The molecule has 0 spiro atoms. The third-order valence-corrected chi connectivity index (χ3v) is 4.81. The Balaban J connectivity index is 0. The Hall–Kier alpha value is -3.28. The van der Waals surface area contributed by atoms with Gasteiger partial charge in [-0.05, 0) is 63.8 Å². The fraction of sp³-hybridized carbons (Fsp3) is 0.467. The summed E-state index contributed by atoms with van der Waals surface area (Å²) in [5.74, 6) is 0.472. The number of phenols is 2. The smallest absolute Gasteiger partial charge is 0.146 e. The molecule has 4 aromatic rings. The van der Waals surface area contributed by atoms with Gasteiger partial charge in [-0.1, -0.05) is 67.5 Å². The van der Waals surface area contributed by atoms with E-state index in [1.807, 2.05) is 109 Å². The molecule has 0 bridgehead atoms. The van der Waals surface area contributed by atoms with E-state index in [2.05, 4.69) is 19.9 Å². The maximum absolute atomic E-state index is 9.90. The van der Waals surface area contributed by atoms with E-state index in [9.17, 15) is 10.2 Å². The normalized spacial score (nSPS) is 9.06. The molecular formula is C30H48N4O2. The summed E-state index contributed by atoms with van der Waals surface area (Å²) in [7, 11) is 0. The van der Waals surface area contributed by atoms with Gasteiger partial charge in [0.05, 0.1) is 22.4 Å². The molecule has 0 radical (unpaired) electrons. The van der Waals surface area contributed by atoms with E-state index in [1.165, 1.54) is 0 Å². The van der Waals surface area contributed by atoms with Crippen molar-refractivity contribution in [1.29, 1.82) is 0 Å². The van der Waals surface area contributed by atoms with Gasteiger partial charge in [0.25, 0.3) is 0 Å². The van der Waals surface area contributed by atoms with E-state index >= 15 is 0 Å². The van der Waals surface area contributed by atoms with Gasteiger partial charge in [-0.25, -0.2) is 15.0 Å². The molecule has 0 fully saturated rings. The van der Waals surface area contributed by atoms with E-state index in [-0.39, 0.29) is 11.5 Å². The summed E-state index contributed by atoms with van der Waals surface area (Å²) in [6, 6.07) is 3.84. The van der Waals surface area contributed by atoms with Crippen LogP contribution in [0.4, 0.5) is 0 Å². The van der Waals surface area contributed by atoms with Crippen LogP contribution in [0.5, 0.6) is 11.5 Å². The van der Waals surface area contributed by atoms with Crippen molar-refractivity contribution in [2.75, 3.05) is 0 Å². The molecule has 200 valence electrons. The van der Waals surface area contributed by atoms with Gasteiger partial charge in [0.15, 0.2) is 0 Å². The molecule has 4 rings (SSSR count). The highest BCUT2D eigenvalue weighted by Gasteiger charge is 2.11. The number of benzene rings is 2. The van der Waals surface area contributed by atoms with Crippen LogP contribution in [-0.4, -0.2) is 30.1 Å². The van der Waals surface area contributed by atoms with Gasteiger partial charge >= 0.3 is 0 Å². The first-order chi connectivity index (χ1) is 17.2. The summed E-state index contributed by atoms with van der Waals surface area (Å²) >= 11 is 0. The second-order valence-electron chi connectivity index (χ2n) is 7.06. The standard InChI is InChI=1S/C12H14N2O.C10H10N2O.4C2H6/c1-6-5-7(2)12(15)11-10(6)13-8(3)9(4)14-11;1-6-5-7(2)10(13)9-8(6)11-3-4-12-9;4*1-2/h5,15H,1-4H3;3-5,13H,1-2H3;4*1-2H3. The Morgan fingerprint density at radius 3 is 1.22 bits per heavy atom. The number of rotatable bonds is 0. The minimum atomic E-state index is 0.230. The Morgan fingerprint density at radius 1 is 0.444 bits per heavy atom. The van der Waals surface area contributed by atoms with Crippen LogP contribution in [0.1, 0.15) is 89.0 Å². The molecule has 0 unspecified atom stereocenters. The summed E-state index contributed by atoms with van der Waals surface area (Å²) in [4.78, 5) is 17.1. The summed E-state index contributed by atoms with van der Waals surface area (Å²) in [6.45, 7) is 27.5. The fourth-order valence-electron chi connectivity index (χ4n) is 3.14. The lowest BCUT2D eigenvalue weighted by atomic mass is 10.1. The van der Waals surface area contributed by atoms with Crippen molar-refractivity contribution >= 4 is 22.1 Å². The predicted octanol–water partition coefficient (Wildman–Crippen LogP) is 8.63. The van der Waals surface area contributed by atoms with Crippen LogP contribution in [-0.2, 0) is 0 Å². The molecule has 0 atom stereocenters. The van der Waals surface area contributed by atoms with Crippen molar-refractivity contribution in [2.24, 2.45) is 0 Å². The van der Waals surface area contributed by atoms with E-state index in [4.69, 9.17) is 0 Å². The Labute approximate surface area is 218 Å². The summed E-state index contributed by atoms with van der Waals surface area (Å²) < 4.78 is 0. The third-order valence-electron chi connectivity index (χ3n) is 4.81. The molecule has 0 aliphatic heterocycles. The van der Waals surface area contributed by atoms with Crippen molar-refractivity contribution < 1.29 is 10.2 Å². The largest absolute Gasteiger partial charge is 0.505 e. The monoisotopic (exact) mass is 496 g/mol. The van der Waals surface area contributed by atoms with Crippen LogP contribution in [0.25, 0.3) is 22.1 Å². The van der Waals surface area contributed by atoms with Gasteiger partial charge in [0.2, 0.25) is 0 Å². The molecular weight excluding hydrogens is 448 g/mol. The predicted molar refractivity (Wildman–Crippen MR) is 156 cm³/mol. The number of aryl methyl sites for hydroxylation is 6. The van der Waals surface area contributed by atoms with Gasteiger partial charge in [-0.15, -0.1) is 0 Å². The van der Waals surface area contributed by atoms with Gasteiger partial charge in [-0.3, -0.25) is 4.98 Å². The first-order valence-electron chi connectivity index (χ1n) is 13.0. The van der Waals surface area contributed by atoms with E-state index < -0.39 is 0 Å². The minimum absolute atomic E-state index is 0.230. The molecule has 6 heteroatoms. The van der Waals surface area contributed by atoms with Crippen molar-refractivity contribution in [1.82, 2.24) is 19.9 Å². The van der Waals surface area contributed by atoms with Crippen molar-refractivity contribution in [3.05, 3.63) is 58.2 Å². The average molecular weight is 497 g/mol. The van der Waals surface area contributed by atoms with Crippen molar-refractivity contribution in [2.45, 2.75) is 96.9 Å². The number of hydrogen-bond donors (Lipinski definition) is 2. The van der Waals surface area contributed by atoms with Crippen LogP contribution in [0.3, 0.4) is 0 Å². The molecule has 2 N–H and O–H groups in total. The molecule has 0 saturated carbocycles. The van der Waals surface area contributed by atoms with Gasteiger partial charge in [0, 0.05) is 12.4 Å². The van der Waals surface area contributed by atoms with Gasteiger partial charge < -0.3 is 10.2 Å². The van der Waals surface area contributed by atoms with E-state index in [1.54, 1.807) is 12.4 Å². The van der Waals surface area contributed by atoms with Gasteiger partial charge in [0.1, 0.15) is 22.5 Å². The minimum Gasteiger partial charge on any atom is -0.505 e. The Kier molecular flexibility index (Phi) is 17.5. The Morgan fingerprint density at radius 2 is 0.778 bits per heavy atom. The second kappa shape index (κ2) is 18.1. The maximum Gasteiger partial charge on any atom is 0.146 e. The maximum atomic E-state index is 9.90. The lowest BCUT2D eigenvalue weighted by molar-refractivity contribution is 0.475. The number of phenolic OH excluding ortho intramolecular Hbond substituents is 2. The molecule has 2 aromatic carbocycles. The third kappa shape index (κ3) is 8.74. The number of aromatic nitrogens is 4.